The molecule has 0 aliphatic heterocycles. The highest BCUT2D eigenvalue weighted by Gasteiger charge is 2.07. The van der Waals surface area contributed by atoms with Crippen LogP contribution in [0.15, 0.2) is 54.6 Å². The number of nitrogens with zero attached hydrogens (tertiary/aromatic N) is 2. The van der Waals surface area contributed by atoms with Crippen LogP contribution in [-0.4, -0.2) is 22.8 Å². The summed E-state index contributed by atoms with van der Waals surface area (Å²) in [6, 6.07) is 13.4. The average molecular weight is 331 g/mol. The second-order valence-corrected chi connectivity index (χ2v) is 5.44. The van der Waals surface area contributed by atoms with Crippen LogP contribution in [0.1, 0.15) is 11.1 Å². The summed E-state index contributed by atoms with van der Waals surface area (Å²) in [5.41, 5.74) is 1.57. The van der Waals surface area contributed by atoms with Gasteiger partial charge in [0.15, 0.2) is 0 Å². The second kappa shape index (κ2) is 7.56. The number of carbonyl (C=O) groups excluding carboxylic acids is 1. The van der Waals surface area contributed by atoms with E-state index in [0.29, 0.717) is 17.1 Å². The number of carbonyl (C=O) groups is 1. The highest BCUT2D eigenvalue weighted by molar-refractivity contribution is 6.30. The minimum Gasteiger partial charge on any atom is -0.338 e. The molecule has 0 unspecified atom stereocenters. The van der Waals surface area contributed by atoms with Crippen molar-refractivity contribution in [3.63, 3.8) is 0 Å². The third-order valence-electron chi connectivity index (χ3n) is 3.21. The summed E-state index contributed by atoms with van der Waals surface area (Å²) in [7, 11) is 1.69. The lowest BCUT2D eigenvalue weighted by molar-refractivity contribution is -0.384. The standard InChI is InChI=1S/C17H15ClN2O3/c1-19(12-14-5-8-15(18)9-6-14)17(21)10-7-13-3-2-4-16(11-13)20(22)23/h2-11H,12H2,1H3. The maximum atomic E-state index is 12.1. The van der Waals surface area contributed by atoms with Crippen LogP contribution in [0.4, 0.5) is 5.69 Å². The van der Waals surface area contributed by atoms with Crippen molar-refractivity contribution in [2.75, 3.05) is 7.05 Å². The maximum absolute atomic E-state index is 12.1. The van der Waals surface area contributed by atoms with Crippen LogP contribution in [0.3, 0.4) is 0 Å². The molecule has 0 bridgehead atoms. The highest BCUT2D eigenvalue weighted by atomic mass is 35.5. The molecule has 0 spiro atoms. The molecule has 0 aromatic heterocycles. The molecule has 118 valence electrons. The largest absolute Gasteiger partial charge is 0.338 e. The van der Waals surface area contributed by atoms with Gasteiger partial charge in [0.1, 0.15) is 0 Å². The van der Waals surface area contributed by atoms with Crippen molar-refractivity contribution in [1.29, 1.82) is 0 Å². The lowest BCUT2D eigenvalue weighted by Crippen LogP contribution is -2.24. The van der Waals surface area contributed by atoms with E-state index in [4.69, 9.17) is 11.6 Å². The molecule has 23 heavy (non-hydrogen) atoms. The number of hydrogen-bond donors (Lipinski definition) is 0. The molecule has 1 amide bonds. The summed E-state index contributed by atoms with van der Waals surface area (Å²) < 4.78 is 0. The third-order valence-corrected chi connectivity index (χ3v) is 3.46. The van der Waals surface area contributed by atoms with Crippen LogP contribution in [-0.2, 0) is 11.3 Å². The minimum absolute atomic E-state index is 0.00545. The fraction of sp³-hybridized carbons (Fsp3) is 0.118. The molecular weight excluding hydrogens is 316 g/mol. The zero-order valence-corrected chi connectivity index (χ0v) is 13.2. The third kappa shape index (κ3) is 4.93. The van der Waals surface area contributed by atoms with Gasteiger partial charge in [-0.3, -0.25) is 14.9 Å². The van der Waals surface area contributed by atoms with E-state index in [1.807, 2.05) is 12.1 Å². The topological polar surface area (TPSA) is 63.5 Å². The molecule has 2 rings (SSSR count). The van der Waals surface area contributed by atoms with Gasteiger partial charge in [-0.15, -0.1) is 0 Å². The number of nitro groups is 1. The normalized spacial score (nSPS) is 10.7. The van der Waals surface area contributed by atoms with Gasteiger partial charge in [0.25, 0.3) is 5.69 Å². The highest BCUT2D eigenvalue weighted by Crippen LogP contribution is 2.15. The Labute approximate surface area is 139 Å². The first kappa shape index (κ1) is 16.7. The lowest BCUT2D eigenvalue weighted by atomic mass is 10.2. The summed E-state index contributed by atoms with van der Waals surface area (Å²) in [6.07, 6.45) is 2.96. The van der Waals surface area contributed by atoms with E-state index >= 15 is 0 Å². The van der Waals surface area contributed by atoms with Gasteiger partial charge < -0.3 is 4.90 Å². The molecule has 0 aliphatic rings. The van der Waals surface area contributed by atoms with E-state index < -0.39 is 4.92 Å². The SMILES string of the molecule is CN(Cc1ccc(Cl)cc1)C(=O)C=Cc1cccc([N+](=O)[O-])c1. The number of rotatable bonds is 5. The number of halogens is 1. The van der Waals surface area contributed by atoms with Gasteiger partial charge in [-0.05, 0) is 29.3 Å². The Morgan fingerprint density at radius 3 is 2.61 bits per heavy atom. The fourth-order valence-corrected chi connectivity index (χ4v) is 2.10. The maximum Gasteiger partial charge on any atom is 0.270 e. The Morgan fingerprint density at radius 1 is 1.26 bits per heavy atom. The van der Waals surface area contributed by atoms with E-state index in [9.17, 15) is 14.9 Å². The molecule has 0 heterocycles. The first-order valence-electron chi connectivity index (χ1n) is 6.88. The van der Waals surface area contributed by atoms with Gasteiger partial charge in [0, 0.05) is 36.8 Å². The zero-order chi connectivity index (χ0) is 16.8. The predicted octanol–water partition coefficient (Wildman–Crippen LogP) is 3.92. The van der Waals surface area contributed by atoms with Crippen LogP contribution in [0.2, 0.25) is 5.02 Å². The average Bonchev–Trinajstić information content (AvgIpc) is 2.55. The number of benzene rings is 2. The number of hydrogen-bond acceptors (Lipinski definition) is 3. The molecule has 0 saturated carbocycles. The van der Waals surface area contributed by atoms with Crippen LogP contribution < -0.4 is 0 Å². The van der Waals surface area contributed by atoms with Gasteiger partial charge in [-0.2, -0.15) is 0 Å². The molecule has 2 aromatic carbocycles. The van der Waals surface area contributed by atoms with E-state index in [2.05, 4.69) is 0 Å². The Balaban J connectivity index is 2.01. The quantitative estimate of drug-likeness (QED) is 0.474. The molecule has 0 fully saturated rings. The second-order valence-electron chi connectivity index (χ2n) is 5.01. The molecule has 0 N–H and O–H groups in total. The van der Waals surface area contributed by atoms with E-state index in [0.717, 1.165) is 5.56 Å². The van der Waals surface area contributed by atoms with Gasteiger partial charge >= 0.3 is 0 Å². The summed E-state index contributed by atoms with van der Waals surface area (Å²) in [4.78, 5) is 23.9. The van der Waals surface area contributed by atoms with Gasteiger partial charge in [-0.1, -0.05) is 35.9 Å². The van der Waals surface area contributed by atoms with Crippen LogP contribution >= 0.6 is 11.6 Å². The molecule has 0 atom stereocenters. The number of amides is 1. The predicted molar refractivity (Wildman–Crippen MR) is 90.1 cm³/mol. The molecule has 5 nitrogen and oxygen atoms in total. The first-order valence-corrected chi connectivity index (χ1v) is 7.25. The summed E-state index contributed by atoms with van der Waals surface area (Å²) in [5, 5.41) is 11.4. The van der Waals surface area contributed by atoms with Crippen molar-refractivity contribution < 1.29 is 9.72 Å². The van der Waals surface area contributed by atoms with Crippen molar-refractivity contribution in [2.24, 2.45) is 0 Å². The van der Waals surface area contributed by atoms with Crippen molar-refractivity contribution in [3.05, 3.63) is 80.9 Å². The monoisotopic (exact) mass is 330 g/mol. The number of non-ortho nitro benzene ring substituents is 1. The lowest BCUT2D eigenvalue weighted by Gasteiger charge is -2.15. The van der Waals surface area contributed by atoms with Crippen molar-refractivity contribution in [3.8, 4) is 0 Å². The van der Waals surface area contributed by atoms with Gasteiger partial charge in [0.2, 0.25) is 5.91 Å². The first-order chi connectivity index (χ1) is 11.0. The summed E-state index contributed by atoms with van der Waals surface area (Å²) >= 11 is 5.82. The molecule has 0 radical (unpaired) electrons. The fourth-order valence-electron chi connectivity index (χ4n) is 1.98. The van der Waals surface area contributed by atoms with E-state index in [1.54, 1.807) is 42.3 Å². The smallest absolute Gasteiger partial charge is 0.270 e. The molecule has 6 heteroatoms. The minimum atomic E-state index is -0.466. The zero-order valence-electron chi connectivity index (χ0n) is 12.5. The summed E-state index contributed by atoms with van der Waals surface area (Å²) in [5.74, 6) is -0.188. The van der Waals surface area contributed by atoms with Crippen LogP contribution in [0, 0.1) is 10.1 Å². The van der Waals surface area contributed by atoms with Gasteiger partial charge in [-0.25, -0.2) is 0 Å². The Morgan fingerprint density at radius 2 is 1.96 bits per heavy atom. The van der Waals surface area contributed by atoms with Gasteiger partial charge in [0.05, 0.1) is 4.92 Å². The Bertz CT molecular complexity index is 742. The molecular formula is C17H15ClN2O3. The van der Waals surface area contributed by atoms with Crippen molar-refractivity contribution >= 4 is 29.3 Å². The number of likely N-dealkylation sites (N-methyl/N-ethyl adjacent to an activating group) is 1. The summed E-state index contributed by atoms with van der Waals surface area (Å²) in [6.45, 7) is 0.454. The van der Waals surface area contributed by atoms with Crippen molar-refractivity contribution in [1.82, 2.24) is 4.90 Å². The number of nitro benzene ring substituents is 1. The Hall–Kier alpha value is -2.66. The Kier molecular flexibility index (Phi) is 5.49. The molecule has 0 saturated heterocycles. The van der Waals surface area contributed by atoms with Crippen molar-refractivity contribution in [2.45, 2.75) is 6.54 Å². The molecule has 0 aliphatic carbocycles. The van der Waals surface area contributed by atoms with E-state index in [-0.39, 0.29) is 11.6 Å². The van der Waals surface area contributed by atoms with Crippen LogP contribution in [0.5, 0.6) is 0 Å². The van der Waals surface area contributed by atoms with Crippen LogP contribution in [0.25, 0.3) is 6.08 Å². The molecule has 2 aromatic rings. The van der Waals surface area contributed by atoms with E-state index in [1.165, 1.54) is 18.2 Å².